The van der Waals surface area contributed by atoms with Crippen molar-refractivity contribution in [2.24, 2.45) is 0 Å². The molecule has 156 valence electrons. The molecule has 29 heavy (non-hydrogen) atoms. The summed E-state index contributed by atoms with van der Waals surface area (Å²) in [6.45, 7) is 3.68. The highest BCUT2D eigenvalue weighted by Gasteiger charge is 2.23. The van der Waals surface area contributed by atoms with Crippen molar-refractivity contribution in [1.29, 1.82) is 0 Å². The first-order valence-electron chi connectivity index (χ1n) is 9.07. The van der Waals surface area contributed by atoms with Crippen molar-refractivity contribution in [1.82, 2.24) is 19.6 Å². The maximum absolute atomic E-state index is 12.5. The number of benzene rings is 1. The van der Waals surface area contributed by atoms with E-state index in [1.165, 1.54) is 18.0 Å². The van der Waals surface area contributed by atoms with Gasteiger partial charge in [-0.2, -0.15) is 0 Å². The van der Waals surface area contributed by atoms with Crippen molar-refractivity contribution >= 4 is 34.8 Å². The Kier molecular flexibility index (Phi) is 6.94. The zero-order valence-electron chi connectivity index (χ0n) is 15.9. The molecule has 1 aliphatic heterocycles. The second-order valence-corrected chi connectivity index (χ2v) is 7.53. The summed E-state index contributed by atoms with van der Waals surface area (Å²) in [6.07, 6.45) is 1.49. The molecule has 0 unspecified atom stereocenters. The van der Waals surface area contributed by atoms with Crippen LogP contribution in [0, 0.1) is 10.1 Å². The Hall–Kier alpha value is -2.36. The summed E-state index contributed by atoms with van der Waals surface area (Å²) in [4.78, 5) is 26.9. The van der Waals surface area contributed by atoms with Crippen molar-refractivity contribution in [2.45, 2.75) is 19.5 Å². The Morgan fingerprint density at radius 3 is 2.59 bits per heavy atom. The highest BCUT2D eigenvalue weighted by molar-refractivity contribution is 6.35. The molecule has 1 fully saturated rings. The number of nitro groups is 1. The van der Waals surface area contributed by atoms with E-state index in [2.05, 4.69) is 10.00 Å². The second kappa shape index (κ2) is 9.43. The molecule has 2 heterocycles. The number of carbonyl (C=O) groups is 1. The zero-order valence-corrected chi connectivity index (χ0v) is 17.4. The van der Waals surface area contributed by atoms with Crippen LogP contribution in [0.25, 0.3) is 0 Å². The van der Waals surface area contributed by atoms with Crippen LogP contribution in [-0.4, -0.2) is 63.7 Å². The van der Waals surface area contributed by atoms with Crippen LogP contribution in [0.5, 0.6) is 5.88 Å². The van der Waals surface area contributed by atoms with E-state index in [4.69, 9.17) is 27.9 Å². The Balaban J connectivity index is 1.48. The normalized spacial score (nSPS) is 14.8. The zero-order chi connectivity index (χ0) is 21.0. The van der Waals surface area contributed by atoms with Crippen LogP contribution in [0.3, 0.4) is 0 Å². The number of piperazine rings is 1. The molecule has 0 radical (unpaired) electrons. The van der Waals surface area contributed by atoms with E-state index in [0.29, 0.717) is 29.7 Å². The maximum atomic E-state index is 12.5. The van der Waals surface area contributed by atoms with E-state index in [1.54, 1.807) is 11.0 Å². The number of aryl methyl sites for hydroxylation is 1. The molecule has 1 amide bonds. The average molecular weight is 442 g/mol. The molecule has 11 heteroatoms. The summed E-state index contributed by atoms with van der Waals surface area (Å²) in [6, 6.07) is 5.46. The van der Waals surface area contributed by atoms with Crippen LogP contribution in [-0.2, 0) is 17.9 Å². The predicted molar refractivity (Wildman–Crippen MR) is 108 cm³/mol. The third-order valence-corrected chi connectivity index (χ3v) is 5.38. The first kappa shape index (κ1) is 21.4. The molecule has 0 spiro atoms. The smallest absolute Gasteiger partial charge is 0.350 e. The molecule has 1 aliphatic rings. The third-order valence-electron chi connectivity index (χ3n) is 4.79. The van der Waals surface area contributed by atoms with Crippen molar-refractivity contribution < 1.29 is 14.5 Å². The van der Waals surface area contributed by atoms with Gasteiger partial charge in [0, 0.05) is 49.2 Å². The van der Waals surface area contributed by atoms with Gasteiger partial charge in [-0.25, -0.2) is 0 Å². The number of nitrogens with zero attached hydrogens (tertiary/aromatic N) is 5. The number of hydrogen-bond donors (Lipinski definition) is 0. The molecule has 0 saturated carbocycles. The lowest BCUT2D eigenvalue weighted by atomic mass is 10.2. The summed E-state index contributed by atoms with van der Waals surface area (Å²) in [5, 5.41) is 16.2. The molecule has 1 aromatic heterocycles. The number of aromatic nitrogens is 2. The molecular formula is C18H21Cl2N5O4. The predicted octanol–water partition coefficient (Wildman–Crippen LogP) is 2.84. The van der Waals surface area contributed by atoms with Crippen molar-refractivity contribution in [3.63, 3.8) is 0 Å². The van der Waals surface area contributed by atoms with Gasteiger partial charge in [0.15, 0.2) is 0 Å². The minimum Gasteiger partial charge on any atom is -0.475 e. The molecule has 1 saturated heterocycles. The summed E-state index contributed by atoms with van der Waals surface area (Å²) in [5.74, 6) is -0.0665. The third kappa shape index (κ3) is 5.37. The minimum atomic E-state index is -0.559. The molecule has 2 aromatic rings. The van der Waals surface area contributed by atoms with E-state index < -0.39 is 4.92 Å². The molecule has 1 aromatic carbocycles. The Bertz CT molecular complexity index is 896. The average Bonchev–Trinajstić information content (AvgIpc) is 3.12. The van der Waals surface area contributed by atoms with Gasteiger partial charge >= 0.3 is 11.6 Å². The summed E-state index contributed by atoms with van der Waals surface area (Å²) in [7, 11) is 1.32. The lowest BCUT2D eigenvalue weighted by Crippen LogP contribution is -2.48. The van der Waals surface area contributed by atoms with Gasteiger partial charge < -0.3 is 9.64 Å². The van der Waals surface area contributed by atoms with Gasteiger partial charge in [0.2, 0.25) is 5.91 Å². The number of rotatable bonds is 7. The monoisotopic (exact) mass is 441 g/mol. The van der Waals surface area contributed by atoms with Gasteiger partial charge in [0.1, 0.15) is 6.20 Å². The maximum Gasteiger partial charge on any atom is 0.350 e. The van der Waals surface area contributed by atoms with Crippen molar-refractivity contribution in [3.8, 4) is 5.88 Å². The van der Waals surface area contributed by atoms with Crippen molar-refractivity contribution in [2.75, 3.05) is 33.3 Å². The number of methoxy groups -OCH3 is 1. The van der Waals surface area contributed by atoms with Crippen LogP contribution in [0.2, 0.25) is 10.0 Å². The highest BCUT2D eigenvalue weighted by Crippen LogP contribution is 2.24. The van der Waals surface area contributed by atoms with Crippen molar-refractivity contribution in [3.05, 3.63) is 50.1 Å². The van der Waals surface area contributed by atoms with Gasteiger partial charge in [-0.15, -0.1) is 5.10 Å². The Morgan fingerprint density at radius 1 is 1.28 bits per heavy atom. The first-order chi connectivity index (χ1) is 13.9. The quantitative estimate of drug-likeness (QED) is 0.484. The molecular weight excluding hydrogens is 421 g/mol. The van der Waals surface area contributed by atoms with Gasteiger partial charge in [-0.1, -0.05) is 29.3 Å². The minimum absolute atomic E-state index is 0.00806. The molecule has 3 rings (SSSR count). The second-order valence-electron chi connectivity index (χ2n) is 6.69. The summed E-state index contributed by atoms with van der Waals surface area (Å²) in [5.41, 5.74) is 0.791. The standard InChI is InChI=1S/C18H21Cl2N5O4/c1-29-18-16(25(27)28)12-24(21-18)5-4-17(26)23-8-6-22(7-9-23)11-13-2-3-14(19)10-15(13)20/h2-3,10,12H,4-9,11H2,1H3. The number of hydrogen-bond acceptors (Lipinski definition) is 6. The fraction of sp³-hybridized carbons (Fsp3) is 0.444. The van der Waals surface area contributed by atoms with Gasteiger partial charge in [-0.05, 0) is 17.7 Å². The lowest BCUT2D eigenvalue weighted by Gasteiger charge is -2.35. The molecule has 0 bridgehead atoms. The van der Waals surface area contributed by atoms with Crippen LogP contribution in [0.15, 0.2) is 24.4 Å². The largest absolute Gasteiger partial charge is 0.475 e. The molecule has 0 atom stereocenters. The lowest BCUT2D eigenvalue weighted by molar-refractivity contribution is -0.385. The fourth-order valence-electron chi connectivity index (χ4n) is 3.19. The fourth-order valence-corrected chi connectivity index (χ4v) is 3.66. The van der Waals surface area contributed by atoms with E-state index >= 15 is 0 Å². The van der Waals surface area contributed by atoms with Crippen LogP contribution in [0.4, 0.5) is 5.69 Å². The first-order valence-corrected chi connectivity index (χ1v) is 9.83. The molecule has 9 nitrogen and oxygen atoms in total. The molecule has 0 N–H and O–H groups in total. The Morgan fingerprint density at radius 2 is 2.00 bits per heavy atom. The van der Waals surface area contributed by atoms with E-state index in [9.17, 15) is 14.9 Å². The van der Waals surface area contributed by atoms with Crippen LogP contribution in [0.1, 0.15) is 12.0 Å². The summed E-state index contributed by atoms with van der Waals surface area (Å²) >= 11 is 12.2. The molecule has 0 aliphatic carbocycles. The van der Waals surface area contributed by atoms with Crippen LogP contribution < -0.4 is 4.74 Å². The highest BCUT2D eigenvalue weighted by atomic mass is 35.5. The van der Waals surface area contributed by atoms with Gasteiger partial charge in [-0.3, -0.25) is 24.5 Å². The SMILES string of the molecule is COc1nn(CCC(=O)N2CCN(Cc3ccc(Cl)cc3Cl)CC2)cc1[N+](=O)[O-]. The van der Waals surface area contributed by atoms with Gasteiger partial charge in [0.25, 0.3) is 0 Å². The topological polar surface area (TPSA) is 93.7 Å². The van der Waals surface area contributed by atoms with Crippen LogP contribution >= 0.6 is 23.2 Å². The number of halogens is 2. The number of ether oxygens (including phenoxy) is 1. The van der Waals surface area contributed by atoms with E-state index in [0.717, 1.165) is 18.7 Å². The summed E-state index contributed by atoms with van der Waals surface area (Å²) < 4.78 is 6.26. The van der Waals surface area contributed by atoms with E-state index in [1.807, 2.05) is 12.1 Å². The Labute approximate surface area is 177 Å². The number of amides is 1. The van der Waals surface area contributed by atoms with E-state index in [-0.39, 0.29) is 30.4 Å². The van der Waals surface area contributed by atoms with Gasteiger partial charge in [0.05, 0.1) is 18.6 Å². The number of carbonyl (C=O) groups excluding carboxylic acids is 1.